The van der Waals surface area contributed by atoms with Crippen LogP contribution in [0.3, 0.4) is 0 Å². The van der Waals surface area contributed by atoms with E-state index in [4.69, 9.17) is 4.42 Å². The molecule has 0 saturated heterocycles. The monoisotopic (exact) mass is 414 g/mol. The van der Waals surface area contributed by atoms with E-state index in [1.54, 1.807) is 18.2 Å². The van der Waals surface area contributed by atoms with E-state index in [-0.39, 0.29) is 5.82 Å². The number of rotatable bonds is 3. The number of hydrogen-bond acceptors (Lipinski definition) is 2. The highest BCUT2D eigenvalue weighted by atomic mass is 79.9. The van der Waals surface area contributed by atoms with Crippen LogP contribution in [0.15, 0.2) is 91.5 Å². The van der Waals surface area contributed by atoms with Crippen molar-refractivity contribution in [1.82, 2.24) is 0 Å². The average Bonchev–Trinajstić information content (AvgIpc) is 3.01. The lowest BCUT2D eigenvalue weighted by Crippen LogP contribution is -1.94. The molecule has 4 aromatic rings. The molecule has 0 aliphatic heterocycles. The molecule has 0 radical (unpaired) electrons. The molecule has 1 heterocycles. The van der Waals surface area contributed by atoms with E-state index in [0.717, 1.165) is 10.0 Å². The SMILES string of the molecule is O=S(c1ccccc1)c1c(-c2ccc(Br)cc2)oc2ccc(F)cc12. The first-order valence-electron chi connectivity index (χ1n) is 7.58. The Hall–Kier alpha value is -2.24. The first-order valence-corrected chi connectivity index (χ1v) is 9.52. The van der Waals surface area contributed by atoms with Crippen LogP contribution in [0.5, 0.6) is 0 Å². The summed E-state index contributed by atoms with van der Waals surface area (Å²) in [5.74, 6) is 0.109. The van der Waals surface area contributed by atoms with Gasteiger partial charge in [0.25, 0.3) is 0 Å². The molecule has 0 aliphatic rings. The number of fused-ring (bicyclic) bond motifs is 1. The first-order chi connectivity index (χ1) is 12.1. The number of benzene rings is 3. The van der Waals surface area contributed by atoms with Crippen LogP contribution in [0.4, 0.5) is 4.39 Å². The van der Waals surface area contributed by atoms with Gasteiger partial charge >= 0.3 is 0 Å². The largest absolute Gasteiger partial charge is 0.455 e. The summed E-state index contributed by atoms with van der Waals surface area (Å²) in [4.78, 5) is 1.14. The van der Waals surface area contributed by atoms with Crippen molar-refractivity contribution in [3.05, 3.63) is 83.1 Å². The summed E-state index contributed by atoms with van der Waals surface area (Å²) in [6.07, 6.45) is 0. The van der Waals surface area contributed by atoms with Crippen molar-refractivity contribution in [2.75, 3.05) is 0 Å². The van der Waals surface area contributed by atoms with Crippen LogP contribution in [0.2, 0.25) is 0 Å². The molecule has 1 atom stereocenters. The molecule has 124 valence electrons. The van der Waals surface area contributed by atoms with Crippen LogP contribution in [0, 0.1) is 5.82 Å². The Bertz CT molecular complexity index is 1070. The van der Waals surface area contributed by atoms with Crippen molar-refractivity contribution in [1.29, 1.82) is 0 Å². The smallest absolute Gasteiger partial charge is 0.151 e. The zero-order chi connectivity index (χ0) is 17.4. The van der Waals surface area contributed by atoms with Crippen molar-refractivity contribution in [2.24, 2.45) is 0 Å². The van der Waals surface area contributed by atoms with E-state index < -0.39 is 10.8 Å². The summed E-state index contributed by atoms with van der Waals surface area (Å²) in [6, 6.07) is 20.9. The van der Waals surface area contributed by atoms with Crippen LogP contribution < -0.4 is 0 Å². The van der Waals surface area contributed by atoms with Gasteiger partial charge < -0.3 is 4.42 Å². The van der Waals surface area contributed by atoms with Gasteiger partial charge in [-0.3, -0.25) is 0 Å². The Morgan fingerprint density at radius 3 is 2.36 bits per heavy atom. The number of hydrogen-bond donors (Lipinski definition) is 0. The van der Waals surface area contributed by atoms with E-state index in [1.165, 1.54) is 12.1 Å². The van der Waals surface area contributed by atoms with Gasteiger partial charge in [0.15, 0.2) is 5.76 Å². The van der Waals surface area contributed by atoms with Gasteiger partial charge in [0.1, 0.15) is 11.4 Å². The zero-order valence-electron chi connectivity index (χ0n) is 12.9. The summed E-state index contributed by atoms with van der Waals surface area (Å²) in [5, 5.41) is 0.528. The third-order valence-electron chi connectivity index (χ3n) is 3.85. The van der Waals surface area contributed by atoms with E-state index in [2.05, 4.69) is 15.9 Å². The summed E-state index contributed by atoms with van der Waals surface area (Å²) in [6.45, 7) is 0. The highest BCUT2D eigenvalue weighted by Crippen LogP contribution is 2.38. The van der Waals surface area contributed by atoms with Gasteiger partial charge in [0.2, 0.25) is 0 Å². The van der Waals surface area contributed by atoms with Crippen molar-refractivity contribution < 1.29 is 13.0 Å². The van der Waals surface area contributed by atoms with Crippen molar-refractivity contribution in [3.8, 4) is 11.3 Å². The third-order valence-corrected chi connectivity index (χ3v) is 5.86. The molecule has 0 bridgehead atoms. The first kappa shape index (κ1) is 16.2. The van der Waals surface area contributed by atoms with Crippen LogP contribution in [0.1, 0.15) is 0 Å². The molecule has 0 fully saturated rings. The van der Waals surface area contributed by atoms with E-state index in [9.17, 15) is 8.60 Å². The van der Waals surface area contributed by atoms with Crippen LogP contribution in [-0.4, -0.2) is 4.21 Å². The maximum atomic E-state index is 13.8. The van der Waals surface area contributed by atoms with Gasteiger partial charge in [-0.1, -0.05) is 46.3 Å². The predicted molar refractivity (Wildman–Crippen MR) is 100 cm³/mol. The zero-order valence-corrected chi connectivity index (χ0v) is 15.3. The summed E-state index contributed by atoms with van der Waals surface area (Å²) in [7, 11) is -1.49. The van der Waals surface area contributed by atoms with Gasteiger partial charge in [-0.25, -0.2) is 8.60 Å². The average molecular weight is 415 g/mol. The maximum Gasteiger partial charge on any atom is 0.151 e. The van der Waals surface area contributed by atoms with E-state index in [0.29, 0.717) is 26.5 Å². The minimum Gasteiger partial charge on any atom is -0.455 e. The topological polar surface area (TPSA) is 30.2 Å². The summed E-state index contributed by atoms with van der Waals surface area (Å²) in [5.41, 5.74) is 1.30. The molecular formula is C20H12BrFO2S. The van der Waals surface area contributed by atoms with Crippen molar-refractivity contribution >= 4 is 37.7 Å². The molecule has 1 unspecified atom stereocenters. The number of halogens is 2. The van der Waals surface area contributed by atoms with Crippen molar-refractivity contribution in [3.63, 3.8) is 0 Å². The second-order valence-electron chi connectivity index (χ2n) is 5.49. The van der Waals surface area contributed by atoms with Gasteiger partial charge in [-0.05, 0) is 42.5 Å². The molecule has 0 aliphatic carbocycles. The quantitative estimate of drug-likeness (QED) is 0.401. The molecule has 25 heavy (non-hydrogen) atoms. The molecule has 4 rings (SSSR count). The summed E-state index contributed by atoms with van der Waals surface area (Å²) < 4.78 is 33.9. The fourth-order valence-corrected chi connectivity index (χ4v) is 4.28. The minimum absolute atomic E-state index is 0.387. The summed E-state index contributed by atoms with van der Waals surface area (Å²) >= 11 is 3.41. The molecule has 0 spiro atoms. The van der Waals surface area contributed by atoms with Crippen LogP contribution in [-0.2, 0) is 10.8 Å². The molecule has 1 aromatic heterocycles. The highest BCUT2D eigenvalue weighted by Gasteiger charge is 2.22. The second kappa shape index (κ2) is 6.58. The Morgan fingerprint density at radius 1 is 0.920 bits per heavy atom. The lowest BCUT2D eigenvalue weighted by Gasteiger charge is -2.04. The molecule has 0 N–H and O–H groups in total. The Morgan fingerprint density at radius 2 is 1.64 bits per heavy atom. The number of furan rings is 1. The molecule has 0 saturated carbocycles. The lowest BCUT2D eigenvalue weighted by atomic mass is 10.1. The van der Waals surface area contributed by atoms with Gasteiger partial charge in [0.05, 0.1) is 15.7 Å². The fourth-order valence-electron chi connectivity index (χ4n) is 2.68. The van der Waals surface area contributed by atoms with Crippen LogP contribution in [0.25, 0.3) is 22.3 Å². The minimum atomic E-state index is -1.49. The normalized spacial score (nSPS) is 12.4. The lowest BCUT2D eigenvalue weighted by molar-refractivity contribution is 0.615. The van der Waals surface area contributed by atoms with E-state index >= 15 is 0 Å². The fraction of sp³-hybridized carbons (Fsp3) is 0. The molecule has 2 nitrogen and oxygen atoms in total. The molecule has 3 aromatic carbocycles. The Kier molecular flexibility index (Phi) is 4.27. The standard InChI is InChI=1S/C20H12BrFO2S/c21-14-8-6-13(7-9-14)19-20(25(23)16-4-2-1-3-5-16)17-12-15(22)10-11-18(17)24-19/h1-12H. The van der Waals surface area contributed by atoms with Gasteiger partial charge in [0, 0.05) is 20.3 Å². The molecular weight excluding hydrogens is 403 g/mol. The molecule has 0 amide bonds. The maximum absolute atomic E-state index is 13.8. The second-order valence-corrected chi connectivity index (χ2v) is 7.82. The molecule has 5 heteroatoms. The predicted octanol–water partition coefficient (Wildman–Crippen LogP) is 6.17. The third kappa shape index (κ3) is 3.05. The van der Waals surface area contributed by atoms with E-state index in [1.807, 2.05) is 42.5 Å². The van der Waals surface area contributed by atoms with Crippen molar-refractivity contribution in [2.45, 2.75) is 9.79 Å². The Balaban J connectivity index is 1.99. The van der Waals surface area contributed by atoms with Crippen LogP contribution >= 0.6 is 15.9 Å². The van der Waals surface area contributed by atoms with Gasteiger partial charge in [-0.15, -0.1) is 0 Å². The highest BCUT2D eigenvalue weighted by molar-refractivity contribution is 9.10. The van der Waals surface area contributed by atoms with Gasteiger partial charge in [-0.2, -0.15) is 0 Å². The Labute approximate surface area is 154 Å².